The van der Waals surface area contributed by atoms with Gasteiger partial charge in [-0.1, -0.05) is 30.3 Å². The van der Waals surface area contributed by atoms with Crippen molar-refractivity contribution < 1.29 is 23.5 Å². The number of fused-ring (bicyclic) bond motifs is 2. The van der Waals surface area contributed by atoms with E-state index in [2.05, 4.69) is 0 Å². The molecule has 1 aromatic heterocycles. The van der Waals surface area contributed by atoms with Crippen molar-refractivity contribution in [3.8, 4) is 0 Å². The molecule has 1 aliphatic rings. The molecule has 2 heterocycles. The SMILES string of the molecule is CCOC(=O)c1oc2ccccc2c1CN1C(=O)c2ccccc2C1=O. The van der Waals surface area contributed by atoms with Crippen molar-refractivity contribution in [2.24, 2.45) is 0 Å². The maximum atomic E-state index is 12.6. The van der Waals surface area contributed by atoms with E-state index >= 15 is 0 Å². The highest BCUT2D eigenvalue weighted by molar-refractivity contribution is 6.21. The van der Waals surface area contributed by atoms with Gasteiger partial charge in [0.1, 0.15) is 5.58 Å². The van der Waals surface area contributed by atoms with E-state index in [-0.39, 0.29) is 30.7 Å². The molecule has 0 radical (unpaired) electrons. The van der Waals surface area contributed by atoms with Crippen LogP contribution in [-0.2, 0) is 11.3 Å². The van der Waals surface area contributed by atoms with Crippen LogP contribution in [0.4, 0.5) is 0 Å². The fourth-order valence-electron chi connectivity index (χ4n) is 3.16. The Morgan fingerprint density at radius 2 is 1.62 bits per heavy atom. The van der Waals surface area contributed by atoms with Crippen LogP contribution in [0.15, 0.2) is 52.9 Å². The molecule has 0 unspecified atom stereocenters. The van der Waals surface area contributed by atoms with Crippen LogP contribution in [0.25, 0.3) is 11.0 Å². The van der Waals surface area contributed by atoms with Crippen LogP contribution < -0.4 is 0 Å². The van der Waals surface area contributed by atoms with Gasteiger partial charge in [-0.15, -0.1) is 0 Å². The lowest BCUT2D eigenvalue weighted by Gasteiger charge is -2.13. The Morgan fingerprint density at radius 3 is 2.27 bits per heavy atom. The summed E-state index contributed by atoms with van der Waals surface area (Å²) >= 11 is 0. The first-order valence-corrected chi connectivity index (χ1v) is 8.24. The van der Waals surface area contributed by atoms with E-state index in [0.717, 1.165) is 4.90 Å². The van der Waals surface area contributed by atoms with Crippen molar-refractivity contribution in [1.82, 2.24) is 4.90 Å². The summed E-state index contributed by atoms with van der Waals surface area (Å²) in [4.78, 5) is 38.7. The van der Waals surface area contributed by atoms with Gasteiger partial charge in [-0.2, -0.15) is 0 Å². The van der Waals surface area contributed by atoms with Gasteiger partial charge in [-0.05, 0) is 25.1 Å². The molecule has 2 aromatic carbocycles. The van der Waals surface area contributed by atoms with E-state index in [0.29, 0.717) is 27.7 Å². The van der Waals surface area contributed by atoms with Gasteiger partial charge in [-0.3, -0.25) is 14.5 Å². The summed E-state index contributed by atoms with van der Waals surface area (Å²) in [5, 5.41) is 0.673. The fraction of sp³-hybridized carbons (Fsp3) is 0.150. The predicted molar refractivity (Wildman–Crippen MR) is 92.8 cm³/mol. The van der Waals surface area contributed by atoms with Crippen molar-refractivity contribution in [3.05, 3.63) is 71.0 Å². The number of amides is 2. The van der Waals surface area contributed by atoms with E-state index in [1.165, 1.54) is 0 Å². The first-order chi connectivity index (χ1) is 12.6. The molecule has 0 N–H and O–H groups in total. The van der Waals surface area contributed by atoms with Crippen molar-refractivity contribution in [1.29, 1.82) is 0 Å². The number of nitrogens with zero attached hydrogens (tertiary/aromatic N) is 1. The number of carbonyl (C=O) groups is 3. The minimum atomic E-state index is -0.615. The zero-order valence-corrected chi connectivity index (χ0v) is 14.0. The van der Waals surface area contributed by atoms with Gasteiger partial charge in [-0.25, -0.2) is 4.79 Å². The predicted octanol–water partition coefficient (Wildman–Crippen LogP) is 3.41. The standard InChI is InChI=1S/C20H15NO5/c1-2-25-20(24)17-15(12-7-5-6-10-16(12)26-17)11-21-18(22)13-8-3-4-9-14(13)19(21)23/h3-10H,2,11H2,1H3. The zero-order chi connectivity index (χ0) is 18.3. The maximum absolute atomic E-state index is 12.6. The largest absolute Gasteiger partial charge is 0.460 e. The second-order valence-corrected chi connectivity index (χ2v) is 5.87. The second kappa shape index (κ2) is 6.15. The zero-order valence-electron chi connectivity index (χ0n) is 14.0. The lowest BCUT2D eigenvalue weighted by atomic mass is 10.1. The maximum Gasteiger partial charge on any atom is 0.374 e. The second-order valence-electron chi connectivity index (χ2n) is 5.87. The smallest absolute Gasteiger partial charge is 0.374 e. The number of imide groups is 1. The molecule has 0 aliphatic carbocycles. The van der Waals surface area contributed by atoms with Gasteiger partial charge in [0.05, 0.1) is 24.3 Å². The fourth-order valence-corrected chi connectivity index (χ4v) is 3.16. The molecule has 3 aromatic rings. The van der Waals surface area contributed by atoms with Crippen LogP contribution in [0.2, 0.25) is 0 Å². The van der Waals surface area contributed by atoms with Gasteiger partial charge < -0.3 is 9.15 Å². The van der Waals surface area contributed by atoms with Crippen molar-refractivity contribution >= 4 is 28.8 Å². The number of para-hydroxylation sites is 1. The van der Waals surface area contributed by atoms with Crippen LogP contribution in [0, 0.1) is 0 Å². The number of esters is 1. The van der Waals surface area contributed by atoms with Gasteiger partial charge in [0, 0.05) is 10.9 Å². The highest BCUT2D eigenvalue weighted by Gasteiger charge is 2.37. The summed E-state index contributed by atoms with van der Waals surface area (Å²) in [6.07, 6.45) is 0. The van der Waals surface area contributed by atoms with Gasteiger partial charge >= 0.3 is 5.97 Å². The average Bonchev–Trinajstić information content (AvgIpc) is 3.14. The molecule has 0 fully saturated rings. The first kappa shape index (κ1) is 16.1. The van der Waals surface area contributed by atoms with Crippen molar-refractivity contribution in [3.63, 3.8) is 0 Å². The Bertz CT molecular complexity index is 1010. The van der Waals surface area contributed by atoms with Crippen LogP contribution in [-0.4, -0.2) is 29.3 Å². The molecular weight excluding hydrogens is 334 g/mol. The van der Waals surface area contributed by atoms with Gasteiger partial charge in [0.15, 0.2) is 0 Å². The monoisotopic (exact) mass is 349 g/mol. The summed E-state index contributed by atoms with van der Waals surface area (Å²) < 4.78 is 10.7. The topological polar surface area (TPSA) is 76.8 Å². The number of ether oxygens (including phenoxy) is 1. The van der Waals surface area contributed by atoms with E-state index in [1.807, 2.05) is 0 Å². The third kappa shape index (κ3) is 2.38. The number of rotatable bonds is 4. The highest BCUT2D eigenvalue weighted by atomic mass is 16.5. The third-order valence-electron chi connectivity index (χ3n) is 4.35. The summed E-state index contributed by atoms with van der Waals surface area (Å²) in [6, 6.07) is 13.8. The summed E-state index contributed by atoms with van der Waals surface area (Å²) in [6.45, 7) is 1.84. The quantitative estimate of drug-likeness (QED) is 0.533. The molecule has 2 amide bonds. The van der Waals surface area contributed by atoms with Gasteiger partial charge in [0.25, 0.3) is 11.8 Å². The molecule has 26 heavy (non-hydrogen) atoms. The summed E-state index contributed by atoms with van der Waals surface area (Å²) in [5.74, 6) is -1.36. The normalized spacial score (nSPS) is 13.3. The Hall–Kier alpha value is -3.41. The number of carbonyl (C=O) groups excluding carboxylic acids is 3. The van der Waals surface area contributed by atoms with E-state index in [9.17, 15) is 14.4 Å². The first-order valence-electron chi connectivity index (χ1n) is 8.24. The van der Waals surface area contributed by atoms with Crippen molar-refractivity contribution in [2.75, 3.05) is 6.61 Å². The molecule has 1 aliphatic heterocycles. The van der Waals surface area contributed by atoms with E-state index < -0.39 is 5.97 Å². The Morgan fingerprint density at radius 1 is 1.00 bits per heavy atom. The number of hydrogen-bond donors (Lipinski definition) is 0. The Kier molecular flexibility index (Phi) is 3.80. The summed E-state index contributed by atoms with van der Waals surface area (Å²) in [7, 11) is 0. The van der Waals surface area contributed by atoms with E-state index in [4.69, 9.17) is 9.15 Å². The molecule has 0 spiro atoms. The molecule has 130 valence electrons. The third-order valence-corrected chi connectivity index (χ3v) is 4.35. The van der Waals surface area contributed by atoms with E-state index in [1.54, 1.807) is 55.5 Å². The molecule has 0 bridgehead atoms. The van der Waals surface area contributed by atoms with Crippen molar-refractivity contribution in [2.45, 2.75) is 13.5 Å². The number of hydrogen-bond acceptors (Lipinski definition) is 5. The molecular formula is C20H15NO5. The minimum Gasteiger partial charge on any atom is -0.460 e. The molecule has 6 heteroatoms. The Balaban J connectivity index is 1.78. The molecule has 4 rings (SSSR count). The van der Waals surface area contributed by atoms with Crippen LogP contribution in [0.5, 0.6) is 0 Å². The highest BCUT2D eigenvalue weighted by Crippen LogP contribution is 2.31. The number of furan rings is 1. The molecule has 0 saturated carbocycles. The molecule has 0 saturated heterocycles. The molecule has 6 nitrogen and oxygen atoms in total. The average molecular weight is 349 g/mol. The molecule has 0 atom stereocenters. The van der Waals surface area contributed by atoms with Crippen LogP contribution in [0.3, 0.4) is 0 Å². The minimum absolute atomic E-state index is 0.0182. The lowest BCUT2D eigenvalue weighted by molar-refractivity contribution is 0.0483. The van der Waals surface area contributed by atoms with Crippen LogP contribution >= 0.6 is 0 Å². The Labute approximate surface area is 149 Å². The summed E-state index contributed by atoms with van der Waals surface area (Å²) in [5.41, 5.74) is 1.70. The number of benzene rings is 2. The lowest BCUT2D eigenvalue weighted by Crippen LogP contribution is -2.29. The van der Waals surface area contributed by atoms with Crippen LogP contribution in [0.1, 0.15) is 43.8 Å². The van der Waals surface area contributed by atoms with Gasteiger partial charge in [0.2, 0.25) is 5.76 Å².